The number of aromatic nitrogens is 1. The molecule has 118 valence electrons. The fourth-order valence-electron chi connectivity index (χ4n) is 1.77. The lowest BCUT2D eigenvalue weighted by molar-refractivity contribution is 0.489. The molecule has 1 aromatic heterocycles. The first kappa shape index (κ1) is 17.2. The molecule has 0 aliphatic carbocycles. The minimum Gasteiger partial charge on any atom is -0.444 e. The lowest BCUT2D eigenvalue weighted by Gasteiger charge is -2.12. The molecule has 0 saturated heterocycles. The smallest absolute Gasteiger partial charge is 0.213 e. The summed E-state index contributed by atoms with van der Waals surface area (Å²) in [7, 11) is 2.01. The molecule has 0 radical (unpaired) electrons. The van der Waals surface area contributed by atoms with Gasteiger partial charge in [-0.1, -0.05) is 0 Å². The van der Waals surface area contributed by atoms with Gasteiger partial charge in [-0.05, 0) is 73.5 Å². The van der Waals surface area contributed by atoms with E-state index < -0.39 is 0 Å². The van der Waals surface area contributed by atoms with Gasteiger partial charge in [0.2, 0.25) is 5.06 Å². The van der Waals surface area contributed by atoms with Crippen molar-refractivity contribution in [1.82, 2.24) is 9.27 Å². The van der Waals surface area contributed by atoms with E-state index in [0.717, 1.165) is 43.4 Å². The van der Waals surface area contributed by atoms with Crippen LogP contribution in [0.15, 0.2) is 17.1 Å². The summed E-state index contributed by atoms with van der Waals surface area (Å²) in [5, 5.41) is 0.850. The molecule has 0 aliphatic heterocycles. The van der Waals surface area contributed by atoms with E-state index in [1.807, 2.05) is 45.1 Å². The molecule has 22 heavy (non-hydrogen) atoms. The summed E-state index contributed by atoms with van der Waals surface area (Å²) in [6.07, 6.45) is 1.86. The third kappa shape index (κ3) is 3.98. The second-order valence-corrected chi connectivity index (χ2v) is 7.01. The van der Waals surface area contributed by atoms with E-state index >= 15 is 0 Å². The Morgan fingerprint density at radius 1 is 1.32 bits per heavy atom. The van der Waals surface area contributed by atoms with Gasteiger partial charge in [-0.15, -0.1) is 0 Å². The Hall–Kier alpha value is -1.15. The van der Waals surface area contributed by atoms with E-state index in [2.05, 4.69) is 44.9 Å². The van der Waals surface area contributed by atoms with Crippen LogP contribution in [0.2, 0.25) is 0 Å². The molecule has 0 saturated carbocycles. The van der Waals surface area contributed by atoms with E-state index in [1.165, 1.54) is 11.5 Å². The van der Waals surface area contributed by atoms with Crippen molar-refractivity contribution in [1.29, 1.82) is 0 Å². The van der Waals surface area contributed by atoms with Gasteiger partial charge in [0.25, 0.3) is 0 Å². The average Bonchev–Trinajstić information content (AvgIpc) is 2.80. The molecule has 0 spiro atoms. The molecule has 0 amide bonds. The van der Waals surface area contributed by atoms with Crippen LogP contribution in [0.5, 0.6) is 10.8 Å². The van der Waals surface area contributed by atoms with Crippen LogP contribution in [-0.2, 0) is 0 Å². The van der Waals surface area contributed by atoms with Crippen LogP contribution in [0.1, 0.15) is 23.7 Å². The van der Waals surface area contributed by atoms with Crippen molar-refractivity contribution < 1.29 is 4.74 Å². The summed E-state index contributed by atoms with van der Waals surface area (Å²) in [6, 6.07) is 4.10. The van der Waals surface area contributed by atoms with Crippen LogP contribution in [0.4, 0.5) is 5.69 Å². The standard InChI is InChI=1S/C16H20IN3OS/c1-6-20(5)9-18-13-7-11(3)14(8-10(13)2)21-16-15(17)12(4)19-22-16/h7-9H,6H2,1-5H3. The molecular weight excluding hydrogens is 409 g/mol. The molecule has 0 N–H and O–H groups in total. The third-order valence-electron chi connectivity index (χ3n) is 3.35. The number of nitrogens with zero attached hydrogens (tertiary/aromatic N) is 3. The van der Waals surface area contributed by atoms with Crippen molar-refractivity contribution in [2.24, 2.45) is 4.99 Å². The van der Waals surface area contributed by atoms with Crippen LogP contribution in [0.3, 0.4) is 0 Å². The van der Waals surface area contributed by atoms with E-state index in [0.29, 0.717) is 0 Å². The molecule has 4 nitrogen and oxygen atoms in total. The van der Waals surface area contributed by atoms with Crippen LogP contribution in [0, 0.1) is 24.3 Å². The maximum atomic E-state index is 6.03. The maximum Gasteiger partial charge on any atom is 0.213 e. The predicted octanol–water partition coefficient (Wildman–Crippen LogP) is 5.08. The summed E-state index contributed by atoms with van der Waals surface area (Å²) >= 11 is 3.66. The van der Waals surface area contributed by atoms with Crippen LogP contribution in [0.25, 0.3) is 0 Å². The van der Waals surface area contributed by atoms with Crippen LogP contribution < -0.4 is 4.74 Å². The van der Waals surface area contributed by atoms with Gasteiger partial charge in [0.05, 0.1) is 21.3 Å². The topological polar surface area (TPSA) is 37.7 Å². The van der Waals surface area contributed by atoms with Crippen molar-refractivity contribution in [2.75, 3.05) is 13.6 Å². The Kier molecular flexibility index (Phi) is 5.80. The molecule has 6 heteroatoms. The van der Waals surface area contributed by atoms with Gasteiger partial charge in [0, 0.05) is 25.1 Å². The van der Waals surface area contributed by atoms with Crippen LogP contribution >= 0.6 is 34.1 Å². The van der Waals surface area contributed by atoms with Crippen molar-refractivity contribution in [3.05, 3.63) is 32.5 Å². The molecular formula is C16H20IN3OS. The number of aliphatic imine (C=N–C) groups is 1. The van der Waals surface area contributed by atoms with E-state index in [4.69, 9.17) is 4.74 Å². The van der Waals surface area contributed by atoms with Gasteiger partial charge < -0.3 is 9.64 Å². The lowest BCUT2D eigenvalue weighted by atomic mass is 10.1. The number of hydrogen-bond acceptors (Lipinski definition) is 4. The molecule has 1 aromatic carbocycles. The molecule has 0 unspecified atom stereocenters. The number of aryl methyl sites for hydroxylation is 3. The highest BCUT2D eigenvalue weighted by molar-refractivity contribution is 14.1. The summed E-state index contributed by atoms with van der Waals surface area (Å²) < 4.78 is 11.4. The maximum absolute atomic E-state index is 6.03. The monoisotopic (exact) mass is 429 g/mol. The van der Waals surface area contributed by atoms with Gasteiger partial charge in [-0.3, -0.25) is 0 Å². The summed E-state index contributed by atoms with van der Waals surface area (Å²) in [6.45, 7) is 9.11. The Balaban J connectivity index is 2.26. The second-order valence-electron chi connectivity index (χ2n) is 5.19. The normalized spacial score (nSPS) is 11.2. The summed E-state index contributed by atoms with van der Waals surface area (Å²) in [4.78, 5) is 6.58. The number of benzene rings is 1. The van der Waals surface area contributed by atoms with Crippen molar-refractivity contribution in [2.45, 2.75) is 27.7 Å². The van der Waals surface area contributed by atoms with Gasteiger partial charge in [-0.25, -0.2) is 4.99 Å². The highest BCUT2D eigenvalue weighted by atomic mass is 127. The quantitative estimate of drug-likeness (QED) is 0.378. The Bertz CT molecular complexity index is 697. The molecule has 0 aliphatic rings. The van der Waals surface area contributed by atoms with Gasteiger partial charge in [0.15, 0.2) is 0 Å². The first-order valence-corrected chi connectivity index (χ1v) is 8.92. The van der Waals surface area contributed by atoms with Crippen LogP contribution in [-0.4, -0.2) is 29.2 Å². The zero-order valence-corrected chi connectivity index (χ0v) is 16.4. The Morgan fingerprint density at radius 3 is 2.64 bits per heavy atom. The number of ether oxygens (including phenoxy) is 1. The molecule has 0 bridgehead atoms. The zero-order chi connectivity index (χ0) is 16.3. The molecule has 2 rings (SSSR count). The highest BCUT2D eigenvalue weighted by Crippen LogP contribution is 2.36. The number of halogens is 1. The first-order chi connectivity index (χ1) is 10.4. The van der Waals surface area contributed by atoms with Gasteiger partial charge in [-0.2, -0.15) is 4.37 Å². The predicted molar refractivity (Wildman–Crippen MR) is 102 cm³/mol. The fraction of sp³-hybridized carbons (Fsp3) is 0.375. The summed E-state index contributed by atoms with van der Waals surface area (Å²) in [5.41, 5.74) is 4.15. The largest absolute Gasteiger partial charge is 0.444 e. The zero-order valence-electron chi connectivity index (χ0n) is 13.5. The minimum absolute atomic E-state index is 0.850. The van der Waals surface area contributed by atoms with Gasteiger partial charge >= 0.3 is 0 Å². The third-order valence-corrected chi connectivity index (χ3v) is 5.81. The van der Waals surface area contributed by atoms with Gasteiger partial charge in [0.1, 0.15) is 5.75 Å². The Morgan fingerprint density at radius 2 is 2.05 bits per heavy atom. The molecule has 2 aromatic rings. The van der Waals surface area contributed by atoms with E-state index in [-0.39, 0.29) is 0 Å². The first-order valence-electron chi connectivity index (χ1n) is 7.07. The van der Waals surface area contributed by atoms with Crippen molar-refractivity contribution >= 4 is 46.1 Å². The number of hydrogen-bond donors (Lipinski definition) is 0. The molecule has 1 heterocycles. The number of rotatable bonds is 5. The SMILES string of the molecule is CCN(C)C=Nc1cc(C)c(Oc2snc(C)c2I)cc1C. The minimum atomic E-state index is 0.850. The lowest BCUT2D eigenvalue weighted by Crippen LogP contribution is -2.14. The Labute approximate surface area is 149 Å². The van der Waals surface area contributed by atoms with Crippen molar-refractivity contribution in [3.63, 3.8) is 0 Å². The van der Waals surface area contributed by atoms with E-state index in [1.54, 1.807) is 0 Å². The second kappa shape index (κ2) is 7.41. The van der Waals surface area contributed by atoms with Crippen molar-refractivity contribution in [3.8, 4) is 10.8 Å². The van der Waals surface area contributed by atoms with E-state index in [9.17, 15) is 0 Å². The summed E-state index contributed by atoms with van der Waals surface area (Å²) in [5.74, 6) is 0.863. The fourth-order valence-corrected chi connectivity index (χ4v) is 3.12. The highest BCUT2D eigenvalue weighted by Gasteiger charge is 2.12. The molecule has 0 atom stereocenters. The molecule has 0 fully saturated rings. The average molecular weight is 429 g/mol.